The van der Waals surface area contributed by atoms with Crippen LogP contribution in [-0.2, 0) is 16.1 Å². The molecule has 6 heteroatoms. The summed E-state index contributed by atoms with van der Waals surface area (Å²) in [6, 6.07) is 7.81. The molecule has 1 unspecified atom stereocenters. The number of hydrogen-bond donors (Lipinski definition) is 2. The molecular formula is C17H26N4O2. The van der Waals surface area contributed by atoms with Gasteiger partial charge in [-0.15, -0.1) is 0 Å². The average Bonchev–Trinajstić information content (AvgIpc) is 3.00. The summed E-state index contributed by atoms with van der Waals surface area (Å²) >= 11 is 0. The first kappa shape index (κ1) is 17.3. The van der Waals surface area contributed by atoms with E-state index in [0.29, 0.717) is 12.5 Å². The van der Waals surface area contributed by atoms with Crippen LogP contribution >= 0.6 is 0 Å². The molecule has 1 aliphatic heterocycles. The first-order chi connectivity index (χ1) is 11.1. The number of benzene rings is 1. The van der Waals surface area contributed by atoms with E-state index < -0.39 is 0 Å². The predicted molar refractivity (Wildman–Crippen MR) is 92.5 cm³/mol. The molecule has 0 aromatic heterocycles. The van der Waals surface area contributed by atoms with Gasteiger partial charge in [0, 0.05) is 52.3 Å². The van der Waals surface area contributed by atoms with Crippen molar-refractivity contribution < 1.29 is 9.53 Å². The van der Waals surface area contributed by atoms with Crippen LogP contribution in [0.3, 0.4) is 0 Å². The van der Waals surface area contributed by atoms with Crippen LogP contribution in [0.5, 0.6) is 0 Å². The van der Waals surface area contributed by atoms with Crippen LogP contribution in [0.4, 0.5) is 5.69 Å². The van der Waals surface area contributed by atoms with Crippen LogP contribution in [-0.4, -0.2) is 50.6 Å². The molecule has 1 aromatic carbocycles. The van der Waals surface area contributed by atoms with Gasteiger partial charge < -0.3 is 20.3 Å². The number of aliphatic imine (C=N–C) groups is 1. The number of guanidine groups is 1. The summed E-state index contributed by atoms with van der Waals surface area (Å²) in [5, 5.41) is 6.16. The van der Waals surface area contributed by atoms with Crippen molar-refractivity contribution >= 4 is 17.6 Å². The smallest absolute Gasteiger partial charge is 0.221 e. The number of ether oxygens (including phenoxy) is 1. The van der Waals surface area contributed by atoms with Crippen molar-refractivity contribution in [3.63, 3.8) is 0 Å². The molecule has 2 rings (SSSR count). The number of nitrogens with zero attached hydrogens (tertiary/aromatic N) is 2. The van der Waals surface area contributed by atoms with Crippen molar-refractivity contribution in [3.05, 3.63) is 29.8 Å². The zero-order valence-corrected chi connectivity index (χ0v) is 14.1. The van der Waals surface area contributed by atoms with Gasteiger partial charge in [0.2, 0.25) is 5.91 Å². The lowest BCUT2D eigenvalue weighted by atomic mass is 10.1. The van der Waals surface area contributed by atoms with E-state index in [1.54, 1.807) is 7.05 Å². The fourth-order valence-corrected chi connectivity index (χ4v) is 2.73. The third-order valence-corrected chi connectivity index (χ3v) is 3.83. The van der Waals surface area contributed by atoms with Gasteiger partial charge in [0.25, 0.3) is 0 Å². The Bertz CT molecular complexity index is 553. The summed E-state index contributed by atoms with van der Waals surface area (Å²) in [4.78, 5) is 17.6. The van der Waals surface area contributed by atoms with Crippen molar-refractivity contribution in [1.82, 2.24) is 10.2 Å². The van der Waals surface area contributed by atoms with Gasteiger partial charge in [-0.3, -0.25) is 9.79 Å². The second kappa shape index (κ2) is 8.53. The van der Waals surface area contributed by atoms with Gasteiger partial charge in [-0.2, -0.15) is 0 Å². The van der Waals surface area contributed by atoms with Crippen molar-refractivity contribution in [2.75, 3.05) is 39.2 Å². The van der Waals surface area contributed by atoms with Gasteiger partial charge in [-0.25, -0.2) is 0 Å². The Balaban J connectivity index is 1.88. The minimum absolute atomic E-state index is 0.0653. The number of amides is 1. The second-order valence-corrected chi connectivity index (χ2v) is 5.89. The van der Waals surface area contributed by atoms with Crippen LogP contribution in [0, 0.1) is 5.92 Å². The third kappa shape index (κ3) is 5.56. The summed E-state index contributed by atoms with van der Waals surface area (Å²) in [6.45, 7) is 4.80. The molecule has 1 aliphatic rings. The molecule has 23 heavy (non-hydrogen) atoms. The molecule has 1 aromatic rings. The fourth-order valence-electron chi connectivity index (χ4n) is 2.73. The van der Waals surface area contributed by atoms with Gasteiger partial charge >= 0.3 is 0 Å². The number of rotatable bonds is 5. The largest absolute Gasteiger partial charge is 0.381 e. The van der Waals surface area contributed by atoms with Crippen molar-refractivity contribution in [1.29, 1.82) is 0 Å². The third-order valence-electron chi connectivity index (χ3n) is 3.83. The molecule has 0 spiro atoms. The zero-order valence-electron chi connectivity index (χ0n) is 14.1. The molecule has 0 saturated carbocycles. The minimum Gasteiger partial charge on any atom is -0.381 e. The lowest BCUT2D eigenvalue weighted by molar-refractivity contribution is -0.114. The van der Waals surface area contributed by atoms with Gasteiger partial charge in [-0.05, 0) is 24.1 Å². The molecule has 6 nitrogen and oxygen atoms in total. The summed E-state index contributed by atoms with van der Waals surface area (Å²) in [5.74, 6) is 1.37. The normalized spacial score (nSPS) is 17.9. The molecule has 1 amide bonds. The number of carbonyl (C=O) groups excluding carboxylic acids is 1. The first-order valence-electron chi connectivity index (χ1n) is 7.94. The van der Waals surface area contributed by atoms with Crippen molar-refractivity contribution in [2.45, 2.75) is 19.9 Å². The number of hydrogen-bond acceptors (Lipinski definition) is 3. The van der Waals surface area contributed by atoms with E-state index in [1.165, 1.54) is 6.92 Å². The van der Waals surface area contributed by atoms with Crippen LogP contribution in [0.15, 0.2) is 29.3 Å². The quantitative estimate of drug-likeness (QED) is 0.640. The van der Waals surface area contributed by atoms with Gasteiger partial charge in [-0.1, -0.05) is 12.1 Å². The van der Waals surface area contributed by atoms with Gasteiger partial charge in [0.05, 0.1) is 6.61 Å². The van der Waals surface area contributed by atoms with Crippen LogP contribution in [0.2, 0.25) is 0 Å². The van der Waals surface area contributed by atoms with E-state index in [9.17, 15) is 4.79 Å². The molecule has 1 atom stereocenters. The Hall–Kier alpha value is -2.08. The molecule has 126 valence electrons. The topological polar surface area (TPSA) is 66.0 Å². The van der Waals surface area contributed by atoms with Crippen molar-refractivity contribution in [3.8, 4) is 0 Å². The van der Waals surface area contributed by atoms with Gasteiger partial charge in [0.1, 0.15) is 0 Å². The maximum atomic E-state index is 11.1. The summed E-state index contributed by atoms with van der Waals surface area (Å²) in [5.41, 5.74) is 1.90. The predicted octanol–water partition coefficient (Wildman–Crippen LogP) is 1.69. The fraction of sp³-hybridized carbons (Fsp3) is 0.529. The molecule has 0 aliphatic carbocycles. The maximum absolute atomic E-state index is 11.1. The highest BCUT2D eigenvalue weighted by atomic mass is 16.5. The number of anilines is 1. The van der Waals surface area contributed by atoms with E-state index >= 15 is 0 Å². The Kier molecular flexibility index (Phi) is 6.40. The zero-order chi connectivity index (χ0) is 16.7. The van der Waals surface area contributed by atoms with Crippen LogP contribution in [0.25, 0.3) is 0 Å². The Morgan fingerprint density at radius 3 is 2.96 bits per heavy atom. The summed E-state index contributed by atoms with van der Waals surface area (Å²) < 4.78 is 5.42. The average molecular weight is 318 g/mol. The second-order valence-electron chi connectivity index (χ2n) is 5.89. The van der Waals surface area contributed by atoms with E-state index in [-0.39, 0.29) is 5.91 Å². The maximum Gasteiger partial charge on any atom is 0.221 e. The van der Waals surface area contributed by atoms with E-state index in [1.807, 2.05) is 31.3 Å². The minimum atomic E-state index is -0.0653. The molecule has 0 radical (unpaired) electrons. The molecule has 0 bridgehead atoms. The van der Waals surface area contributed by atoms with E-state index in [4.69, 9.17) is 4.74 Å². The SMILES string of the molecule is CN=C(NCc1cccc(NC(C)=O)c1)N(C)CC1CCOC1. The Morgan fingerprint density at radius 1 is 1.48 bits per heavy atom. The van der Waals surface area contributed by atoms with Crippen LogP contribution in [0.1, 0.15) is 18.9 Å². The lowest BCUT2D eigenvalue weighted by Gasteiger charge is -2.24. The molecule has 2 N–H and O–H groups in total. The summed E-state index contributed by atoms with van der Waals surface area (Å²) in [6.07, 6.45) is 1.11. The van der Waals surface area contributed by atoms with E-state index in [0.717, 1.165) is 43.4 Å². The highest BCUT2D eigenvalue weighted by Gasteiger charge is 2.18. The molecule has 1 heterocycles. The molecule has 1 saturated heterocycles. The Morgan fingerprint density at radius 2 is 2.30 bits per heavy atom. The highest BCUT2D eigenvalue weighted by molar-refractivity contribution is 5.88. The standard InChI is InChI=1S/C17H26N4O2/c1-13(22)20-16-6-4-5-14(9-16)10-19-17(18-2)21(3)11-15-7-8-23-12-15/h4-6,9,15H,7-8,10-12H2,1-3H3,(H,18,19)(H,20,22). The Labute approximate surface area is 137 Å². The van der Waals surface area contributed by atoms with E-state index in [2.05, 4.69) is 20.5 Å². The highest BCUT2D eigenvalue weighted by Crippen LogP contribution is 2.14. The van der Waals surface area contributed by atoms with Crippen molar-refractivity contribution in [2.24, 2.45) is 10.9 Å². The summed E-state index contributed by atoms with van der Waals surface area (Å²) in [7, 11) is 3.83. The lowest BCUT2D eigenvalue weighted by Crippen LogP contribution is -2.41. The monoisotopic (exact) mass is 318 g/mol. The van der Waals surface area contributed by atoms with Crippen LogP contribution < -0.4 is 10.6 Å². The molecular weight excluding hydrogens is 292 g/mol. The van der Waals surface area contributed by atoms with Gasteiger partial charge in [0.15, 0.2) is 5.96 Å². The molecule has 1 fully saturated rings. The first-order valence-corrected chi connectivity index (χ1v) is 7.94. The number of nitrogens with one attached hydrogen (secondary N) is 2. The number of carbonyl (C=O) groups is 1.